The zero-order chi connectivity index (χ0) is 15.2. The lowest BCUT2D eigenvalue weighted by molar-refractivity contribution is -0.124. The molecule has 1 aromatic rings. The monoisotopic (exact) mass is 325 g/mol. The minimum atomic E-state index is 0. The van der Waals surface area contributed by atoms with Crippen LogP contribution in [0.1, 0.15) is 32.4 Å². The fraction of sp³-hybridized carbons (Fsp3) is 0.588. The number of benzene rings is 1. The standard InChI is InChI=1S/C17H27N3O.ClH/c1-13(2)17(15-7-5-4-6-8-15)19-16(21)12-20-10-9-18-11-14(20)3;/h4-8,13-14,17-18H,9-12H2,1-3H3,(H,19,21);1H/t14-,17?;/m0./s1. The molecule has 2 atom stereocenters. The van der Waals surface area contributed by atoms with Crippen LogP contribution in [0.25, 0.3) is 0 Å². The third-order valence-corrected chi connectivity index (χ3v) is 4.13. The largest absolute Gasteiger partial charge is 0.348 e. The number of carbonyl (C=O) groups is 1. The van der Waals surface area contributed by atoms with Gasteiger partial charge in [0.25, 0.3) is 0 Å². The van der Waals surface area contributed by atoms with E-state index in [0.717, 1.165) is 19.6 Å². The number of hydrogen-bond donors (Lipinski definition) is 2. The summed E-state index contributed by atoms with van der Waals surface area (Å²) >= 11 is 0. The quantitative estimate of drug-likeness (QED) is 0.872. The summed E-state index contributed by atoms with van der Waals surface area (Å²) in [5.74, 6) is 0.489. The molecule has 2 rings (SSSR count). The zero-order valence-corrected chi connectivity index (χ0v) is 14.5. The molecule has 1 fully saturated rings. The van der Waals surface area contributed by atoms with Crippen molar-refractivity contribution >= 4 is 18.3 Å². The van der Waals surface area contributed by atoms with Gasteiger partial charge in [0.15, 0.2) is 0 Å². The Morgan fingerprint density at radius 2 is 2.05 bits per heavy atom. The van der Waals surface area contributed by atoms with Crippen molar-refractivity contribution in [1.82, 2.24) is 15.5 Å². The average Bonchev–Trinajstić information content (AvgIpc) is 2.48. The molecule has 4 nitrogen and oxygen atoms in total. The number of nitrogens with zero attached hydrogens (tertiary/aromatic N) is 1. The summed E-state index contributed by atoms with van der Waals surface area (Å²) in [7, 11) is 0. The number of carbonyl (C=O) groups excluding carboxylic acids is 1. The van der Waals surface area contributed by atoms with Crippen LogP contribution in [0, 0.1) is 5.92 Å². The molecule has 0 spiro atoms. The molecular weight excluding hydrogens is 298 g/mol. The number of halogens is 1. The predicted octanol–water partition coefficient (Wildman–Crippen LogP) is 2.22. The van der Waals surface area contributed by atoms with Crippen LogP contribution in [0.5, 0.6) is 0 Å². The molecule has 1 aromatic carbocycles. The molecule has 22 heavy (non-hydrogen) atoms. The second kappa shape index (κ2) is 9.13. The van der Waals surface area contributed by atoms with Crippen molar-refractivity contribution in [2.24, 2.45) is 5.92 Å². The van der Waals surface area contributed by atoms with E-state index in [2.05, 4.69) is 48.4 Å². The van der Waals surface area contributed by atoms with E-state index in [1.807, 2.05) is 18.2 Å². The molecule has 0 radical (unpaired) electrons. The van der Waals surface area contributed by atoms with Crippen LogP contribution in [0.15, 0.2) is 30.3 Å². The highest BCUT2D eigenvalue weighted by Crippen LogP contribution is 2.21. The average molecular weight is 326 g/mol. The molecule has 1 aliphatic heterocycles. The molecule has 2 N–H and O–H groups in total. The van der Waals surface area contributed by atoms with Gasteiger partial charge in [-0.1, -0.05) is 44.2 Å². The zero-order valence-electron chi connectivity index (χ0n) is 13.7. The van der Waals surface area contributed by atoms with Gasteiger partial charge in [0, 0.05) is 25.7 Å². The molecule has 1 amide bonds. The lowest BCUT2D eigenvalue weighted by atomic mass is 9.96. The van der Waals surface area contributed by atoms with Gasteiger partial charge in [0.05, 0.1) is 12.6 Å². The van der Waals surface area contributed by atoms with Crippen LogP contribution in [-0.2, 0) is 4.79 Å². The summed E-state index contributed by atoms with van der Waals surface area (Å²) in [6.45, 7) is 9.79. The second-order valence-corrected chi connectivity index (χ2v) is 6.22. The second-order valence-electron chi connectivity index (χ2n) is 6.22. The first-order valence-corrected chi connectivity index (χ1v) is 7.87. The smallest absolute Gasteiger partial charge is 0.234 e. The van der Waals surface area contributed by atoms with Crippen LogP contribution in [-0.4, -0.2) is 43.0 Å². The van der Waals surface area contributed by atoms with Crippen LogP contribution in [0.2, 0.25) is 0 Å². The Morgan fingerprint density at radius 3 is 2.64 bits per heavy atom. The van der Waals surface area contributed by atoms with E-state index in [9.17, 15) is 4.79 Å². The first-order valence-electron chi connectivity index (χ1n) is 7.87. The summed E-state index contributed by atoms with van der Waals surface area (Å²) < 4.78 is 0. The maximum absolute atomic E-state index is 12.4. The molecule has 5 heteroatoms. The van der Waals surface area contributed by atoms with E-state index in [1.54, 1.807) is 0 Å². The van der Waals surface area contributed by atoms with E-state index in [0.29, 0.717) is 18.5 Å². The van der Waals surface area contributed by atoms with E-state index >= 15 is 0 Å². The SMILES string of the molecule is CC(C)C(NC(=O)CN1CCNC[C@@H]1C)c1ccccc1.Cl. The highest BCUT2D eigenvalue weighted by atomic mass is 35.5. The van der Waals surface area contributed by atoms with Crippen LogP contribution >= 0.6 is 12.4 Å². The van der Waals surface area contributed by atoms with Crippen LogP contribution in [0.3, 0.4) is 0 Å². The Bertz CT molecular complexity index is 452. The van der Waals surface area contributed by atoms with Gasteiger partial charge in [0.1, 0.15) is 0 Å². The minimum absolute atomic E-state index is 0. The van der Waals surface area contributed by atoms with E-state index < -0.39 is 0 Å². The van der Waals surface area contributed by atoms with Gasteiger partial charge in [-0.2, -0.15) is 0 Å². The molecule has 0 aromatic heterocycles. The Balaban J connectivity index is 0.00000242. The summed E-state index contributed by atoms with van der Waals surface area (Å²) in [6.07, 6.45) is 0. The third kappa shape index (κ3) is 5.27. The number of amides is 1. The summed E-state index contributed by atoms with van der Waals surface area (Å²) in [6, 6.07) is 10.7. The number of nitrogens with one attached hydrogen (secondary N) is 2. The van der Waals surface area contributed by atoms with E-state index in [1.165, 1.54) is 5.56 Å². The van der Waals surface area contributed by atoms with Gasteiger partial charge in [-0.05, 0) is 18.4 Å². The fourth-order valence-corrected chi connectivity index (χ4v) is 2.82. The molecule has 1 saturated heterocycles. The van der Waals surface area contributed by atoms with Crippen molar-refractivity contribution in [1.29, 1.82) is 0 Å². The maximum Gasteiger partial charge on any atom is 0.234 e. The first-order chi connectivity index (χ1) is 10.1. The predicted molar refractivity (Wildman–Crippen MR) is 93.3 cm³/mol. The Kier molecular flexibility index (Phi) is 7.87. The number of piperazine rings is 1. The third-order valence-electron chi connectivity index (χ3n) is 4.13. The first kappa shape index (κ1) is 18.9. The number of rotatable bonds is 5. The lowest BCUT2D eigenvalue weighted by Gasteiger charge is -2.34. The van der Waals surface area contributed by atoms with Gasteiger partial charge in [-0.15, -0.1) is 12.4 Å². The molecule has 1 heterocycles. The highest BCUT2D eigenvalue weighted by molar-refractivity contribution is 5.85. The Labute approximate surface area is 140 Å². The van der Waals surface area contributed by atoms with E-state index in [-0.39, 0.29) is 24.4 Å². The van der Waals surface area contributed by atoms with Gasteiger partial charge < -0.3 is 10.6 Å². The Morgan fingerprint density at radius 1 is 1.36 bits per heavy atom. The van der Waals surface area contributed by atoms with Crippen molar-refractivity contribution in [3.05, 3.63) is 35.9 Å². The van der Waals surface area contributed by atoms with Gasteiger partial charge >= 0.3 is 0 Å². The number of hydrogen-bond acceptors (Lipinski definition) is 3. The van der Waals surface area contributed by atoms with Crippen molar-refractivity contribution < 1.29 is 4.79 Å². The molecular formula is C17H28ClN3O. The van der Waals surface area contributed by atoms with Gasteiger partial charge in [-0.25, -0.2) is 0 Å². The summed E-state index contributed by atoms with van der Waals surface area (Å²) in [5, 5.41) is 6.55. The molecule has 0 bridgehead atoms. The molecule has 0 saturated carbocycles. The van der Waals surface area contributed by atoms with Crippen molar-refractivity contribution in [3.63, 3.8) is 0 Å². The summed E-state index contributed by atoms with van der Waals surface area (Å²) in [4.78, 5) is 14.6. The molecule has 1 unspecified atom stereocenters. The van der Waals surface area contributed by atoms with Crippen LogP contribution in [0.4, 0.5) is 0 Å². The van der Waals surface area contributed by atoms with Crippen LogP contribution < -0.4 is 10.6 Å². The normalized spacial score (nSPS) is 20.3. The lowest BCUT2D eigenvalue weighted by Crippen LogP contribution is -2.53. The minimum Gasteiger partial charge on any atom is -0.348 e. The highest BCUT2D eigenvalue weighted by Gasteiger charge is 2.23. The fourth-order valence-electron chi connectivity index (χ4n) is 2.82. The topological polar surface area (TPSA) is 44.4 Å². The molecule has 0 aliphatic carbocycles. The van der Waals surface area contributed by atoms with Gasteiger partial charge in [-0.3, -0.25) is 9.69 Å². The molecule has 1 aliphatic rings. The van der Waals surface area contributed by atoms with Crippen molar-refractivity contribution in [3.8, 4) is 0 Å². The van der Waals surface area contributed by atoms with Crippen molar-refractivity contribution in [2.75, 3.05) is 26.2 Å². The Hall–Kier alpha value is -1.10. The summed E-state index contributed by atoms with van der Waals surface area (Å²) in [5.41, 5.74) is 1.18. The van der Waals surface area contributed by atoms with Crippen molar-refractivity contribution in [2.45, 2.75) is 32.9 Å². The maximum atomic E-state index is 12.4. The molecule has 124 valence electrons. The van der Waals surface area contributed by atoms with E-state index in [4.69, 9.17) is 0 Å². The van der Waals surface area contributed by atoms with Gasteiger partial charge in [0.2, 0.25) is 5.91 Å².